The third-order valence-electron chi connectivity index (χ3n) is 7.20. The van der Waals surface area contributed by atoms with E-state index in [2.05, 4.69) is 0 Å². The molecule has 2 aromatic carbocycles. The second-order valence-corrected chi connectivity index (χ2v) is 9.81. The number of carbonyl (C=O) groups is 3. The molecule has 7 N–H and O–H groups in total. The van der Waals surface area contributed by atoms with E-state index in [-0.39, 0.29) is 38.0 Å². The summed E-state index contributed by atoms with van der Waals surface area (Å²) < 4.78 is 20.4. The molecule has 2 aromatic rings. The Balaban J connectivity index is 2.03. The van der Waals surface area contributed by atoms with Gasteiger partial charge in [-0.3, -0.25) is 9.59 Å². The van der Waals surface area contributed by atoms with E-state index < -0.39 is 41.3 Å². The lowest BCUT2D eigenvalue weighted by Gasteiger charge is -2.44. The Morgan fingerprint density at radius 3 is 2.63 bits per heavy atom. The van der Waals surface area contributed by atoms with Gasteiger partial charge in [0.05, 0.1) is 24.7 Å². The first-order chi connectivity index (χ1) is 18.1. The topological polar surface area (TPSA) is 162 Å². The molecule has 1 aliphatic heterocycles. The summed E-state index contributed by atoms with van der Waals surface area (Å²) >= 11 is 0. The lowest BCUT2D eigenvalue weighted by atomic mass is 9.72. The number of carbonyl (C=O) groups excluding carboxylic acids is 3. The highest BCUT2D eigenvalue weighted by Gasteiger charge is 2.43. The van der Waals surface area contributed by atoms with Gasteiger partial charge in [-0.1, -0.05) is 43.3 Å². The molecule has 10 heteroatoms. The lowest BCUT2D eigenvalue weighted by molar-refractivity contribution is -0.139. The minimum absolute atomic E-state index is 0.0214. The SMILES string of the molecule is CCc1cccc(-c2c(F)cccc2C(O)(CCCOC(N)=O)C2CCCN(C(=O)[C@@H](N)CC(N)=O)C2)c1. The van der Waals surface area contributed by atoms with Gasteiger partial charge in [-0.25, -0.2) is 9.18 Å². The Hall–Kier alpha value is -3.50. The van der Waals surface area contributed by atoms with Crippen LogP contribution in [0, 0.1) is 11.7 Å². The fourth-order valence-electron chi connectivity index (χ4n) is 5.30. The van der Waals surface area contributed by atoms with Crippen molar-refractivity contribution in [2.45, 2.75) is 57.1 Å². The average Bonchev–Trinajstić information content (AvgIpc) is 2.90. The number of piperidine rings is 1. The molecule has 0 radical (unpaired) electrons. The number of nitrogens with zero attached hydrogens (tertiary/aromatic N) is 1. The van der Waals surface area contributed by atoms with E-state index in [1.165, 1.54) is 11.0 Å². The van der Waals surface area contributed by atoms with Gasteiger partial charge < -0.3 is 31.9 Å². The first-order valence-corrected chi connectivity index (χ1v) is 12.9. The van der Waals surface area contributed by atoms with Crippen LogP contribution in [0.15, 0.2) is 42.5 Å². The quantitative estimate of drug-likeness (QED) is 0.328. The maximum Gasteiger partial charge on any atom is 0.404 e. The number of ether oxygens (including phenoxy) is 1. The maximum absolute atomic E-state index is 15.5. The number of hydrogen-bond acceptors (Lipinski definition) is 6. The number of hydrogen-bond donors (Lipinski definition) is 4. The summed E-state index contributed by atoms with van der Waals surface area (Å²) in [6.07, 6.45) is 1.09. The van der Waals surface area contributed by atoms with Crippen molar-refractivity contribution in [3.05, 3.63) is 59.4 Å². The van der Waals surface area contributed by atoms with Gasteiger partial charge in [-0.2, -0.15) is 0 Å². The summed E-state index contributed by atoms with van der Waals surface area (Å²) in [5.41, 5.74) is 17.0. The summed E-state index contributed by atoms with van der Waals surface area (Å²) in [6, 6.07) is 11.0. The fraction of sp³-hybridized carbons (Fsp3) is 0.464. The number of nitrogens with two attached hydrogens (primary N) is 3. The largest absolute Gasteiger partial charge is 0.450 e. The third kappa shape index (κ3) is 6.87. The van der Waals surface area contributed by atoms with Gasteiger partial charge >= 0.3 is 6.09 Å². The van der Waals surface area contributed by atoms with Crippen LogP contribution in [-0.2, 0) is 26.3 Å². The molecule has 2 unspecified atom stereocenters. The van der Waals surface area contributed by atoms with Gasteiger partial charge in [-0.05, 0) is 54.9 Å². The van der Waals surface area contributed by atoms with Crippen LogP contribution < -0.4 is 17.2 Å². The van der Waals surface area contributed by atoms with E-state index in [9.17, 15) is 19.5 Å². The summed E-state index contributed by atoms with van der Waals surface area (Å²) in [5, 5.41) is 12.4. The van der Waals surface area contributed by atoms with E-state index in [0.717, 1.165) is 12.0 Å². The Labute approximate surface area is 222 Å². The first kappa shape index (κ1) is 29.1. The van der Waals surface area contributed by atoms with Crippen LogP contribution in [0.1, 0.15) is 50.2 Å². The number of likely N-dealkylation sites (tertiary alicyclic amines) is 1. The van der Waals surface area contributed by atoms with Crippen molar-refractivity contribution >= 4 is 17.9 Å². The van der Waals surface area contributed by atoms with Crippen LogP contribution >= 0.6 is 0 Å². The van der Waals surface area contributed by atoms with Crippen molar-refractivity contribution in [3.63, 3.8) is 0 Å². The Morgan fingerprint density at radius 2 is 1.95 bits per heavy atom. The molecule has 1 heterocycles. The Morgan fingerprint density at radius 1 is 1.21 bits per heavy atom. The zero-order chi connectivity index (χ0) is 27.9. The highest BCUT2D eigenvalue weighted by Crippen LogP contribution is 2.44. The normalized spacial score (nSPS) is 17.9. The molecule has 9 nitrogen and oxygen atoms in total. The van der Waals surface area contributed by atoms with Crippen molar-refractivity contribution in [2.75, 3.05) is 19.7 Å². The number of rotatable bonds is 11. The van der Waals surface area contributed by atoms with Crippen molar-refractivity contribution < 1.29 is 28.6 Å². The van der Waals surface area contributed by atoms with Crippen LogP contribution in [-0.4, -0.2) is 53.7 Å². The molecule has 0 saturated carbocycles. The second-order valence-electron chi connectivity index (χ2n) is 9.81. The predicted octanol–water partition coefficient (Wildman–Crippen LogP) is 2.56. The van der Waals surface area contributed by atoms with E-state index >= 15 is 4.39 Å². The zero-order valence-corrected chi connectivity index (χ0v) is 21.7. The van der Waals surface area contributed by atoms with E-state index in [1.54, 1.807) is 18.2 Å². The van der Waals surface area contributed by atoms with E-state index in [1.807, 2.05) is 25.1 Å². The average molecular weight is 529 g/mol. The number of amides is 3. The van der Waals surface area contributed by atoms with Crippen LogP contribution in [0.4, 0.5) is 9.18 Å². The van der Waals surface area contributed by atoms with Gasteiger partial charge in [0.15, 0.2) is 0 Å². The molecule has 0 aliphatic carbocycles. The Bertz CT molecular complexity index is 1160. The molecule has 3 amide bonds. The molecule has 3 atom stereocenters. The second kappa shape index (κ2) is 12.8. The molecular formula is C28H37FN4O5. The van der Waals surface area contributed by atoms with Crippen LogP contribution in [0.25, 0.3) is 11.1 Å². The Kier molecular flexibility index (Phi) is 9.82. The number of aliphatic hydroxyl groups is 1. The minimum Gasteiger partial charge on any atom is -0.450 e. The molecule has 0 aromatic heterocycles. The smallest absolute Gasteiger partial charge is 0.404 e. The van der Waals surface area contributed by atoms with Gasteiger partial charge in [-0.15, -0.1) is 0 Å². The maximum atomic E-state index is 15.5. The summed E-state index contributed by atoms with van der Waals surface area (Å²) in [7, 11) is 0. The summed E-state index contributed by atoms with van der Waals surface area (Å²) in [5.74, 6) is -2.06. The molecule has 0 bridgehead atoms. The summed E-state index contributed by atoms with van der Waals surface area (Å²) in [4.78, 5) is 36.9. The van der Waals surface area contributed by atoms with Gasteiger partial charge in [0.2, 0.25) is 11.8 Å². The molecule has 1 fully saturated rings. The molecule has 38 heavy (non-hydrogen) atoms. The van der Waals surface area contributed by atoms with Crippen molar-refractivity contribution in [1.29, 1.82) is 0 Å². The van der Waals surface area contributed by atoms with E-state index in [4.69, 9.17) is 21.9 Å². The monoisotopic (exact) mass is 528 g/mol. The van der Waals surface area contributed by atoms with Crippen molar-refractivity contribution in [3.8, 4) is 11.1 Å². The molecule has 206 valence electrons. The molecule has 3 rings (SSSR count). The number of aryl methyl sites for hydroxylation is 1. The van der Waals surface area contributed by atoms with Crippen molar-refractivity contribution in [2.24, 2.45) is 23.1 Å². The third-order valence-corrected chi connectivity index (χ3v) is 7.20. The summed E-state index contributed by atoms with van der Waals surface area (Å²) in [6.45, 7) is 2.56. The molecule has 1 aliphatic rings. The van der Waals surface area contributed by atoms with Gasteiger partial charge in [0, 0.05) is 24.6 Å². The number of benzene rings is 2. The van der Waals surface area contributed by atoms with Crippen LogP contribution in [0.2, 0.25) is 0 Å². The van der Waals surface area contributed by atoms with Crippen LogP contribution in [0.3, 0.4) is 0 Å². The predicted molar refractivity (Wildman–Crippen MR) is 141 cm³/mol. The standard InChI is InChI=1S/C28H37FN4O5/c1-2-18-7-3-8-19(15-18)25-21(10-4-11-22(25)29)28(37,12-6-14-38-27(32)36)20-9-5-13-33(17-20)26(35)23(30)16-24(31)34/h3-4,7-8,10-11,15,20,23,37H,2,5-6,9,12-14,16-17,30H2,1H3,(H2,31,34)(H2,32,36)/t20?,23-,28?/m0/s1. The van der Waals surface area contributed by atoms with Gasteiger partial charge in [0.25, 0.3) is 0 Å². The molecular weight excluding hydrogens is 491 g/mol. The number of halogens is 1. The van der Waals surface area contributed by atoms with E-state index in [0.29, 0.717) is 30.5 Å². The fourth-order valence-corrected chi connectivity index (χ4v) is 5.30. The zero-order valence-electron chi connectivity index (χ0n) is 21.7. The van der Waals surface area contributed by atoms with Crippen LogP contribution in [0.5, 0.6) is 0 Å². The molecule has 1 saturated heterocycles. The van der Waals surface area contributed by atoms with Gasteiger partial charge in [0.1, 0.15) is 5.82 Å². The molecule has 0 spiro atoms. The number of primary amides is 2. The first-order valence-electron chi connectivity index (χ1n) is 12.9. The highest BCUT2D eigenvalue weighted by atomic mass is 19.1. The highest BCUT2D eigenvalue weighted by molar-refractivity contribution is 5.87. The van der Waals surface area contributed by atoms with Crippen molar-refractivity contribution in [1.82, 2.24) is 4.90 Å². The lowest BCUT2D eigenvalue weighted by Crippen LogP contribution is -2.53. The minimum atomic E-state index is -1.58.